The van der Waals surface area contributed by atoms with Crippen LogP contribution in [0.5, 0.6) is 0 Å². The topological polar surface area (TPSA) is 80.6 Å². The van der Waals surface area contributed by atoms with Gasteiger partial charge in [0.05, 0.1) is 11.4 Å². The molecule has 0 aliphatic heterocycles. The van der Waals surface area contributed by atoms with Crippen molar-refractivity contribution in [2.75, 3.05) is 0 Å². The van der Waals surface area contributed by atoms with Crippen molar-refractivity contribution in [1.82, 2.24) is 9.38 Å². The van der Waals surface area contributed by atoms with E-state index in [1.165, 1.54) is 0 Å². The highest BCUT2D eigenvalue weighted by Crippen LogP contribution is 2.27. The molecule has 3 N–H and O–H groups in total. The highest BCUT2D eigenvalue weighted by molar-refractivity contribution is 9.10. The summed E-state index contributed by atoms with van der Waals surface area (Å²) in [6, 6.07) is 10.8. The zero-order valence-electron chi connectivity index (χ0n) is 12.5. The van der Waals surface area contributed by atoms with Gasteiger partial charge in [-0.05, 0) is 35.0 Å². The van der Waals surface area contributed by atoms with Gasteiger partial charge >= 0.3 is 5.97 Å². The average molecular weight is 374 g/mol. The van der Waals surface area contributed by atoms with E-state index in [1.54, 1.807) is 0 Å². The number of pyridine rings is 1. The van der Waals surface area contributed by atoms with E-state index in [9.17, 15) is 4.79 Å². The molecular weight excluding hydrogens is 358 g/mol. The number of carbonyl (C=O) groups is 1. The van der Waals surface area contributed by atoms with Gasteiger partial charge in [0.1, 0.15) is 11.7 Å². The van der Waals surface area contributed by atoms with E-state index in [0.717, 1.165) is 32.6 Å². The molecule has 0 saturated carbocycles. The van der Waals surface area contributed by atoms with Crippen LogP contribution in [0.3, 0.4) is 0 Å². The molecular formula is C17H16BrN3O2. The van der Waals surface area contributed by atoms with Gasteiger partial charge in [0.2, 0.25) is 0 Å². The molecule has 1 atom stereocenters. The molecule has 2 heterocycles. The number of benzene rings is 1. The van der Waals surface area contributed by atoms with E-state index in [2.05, 4.69) is 20.9 Å². The minimum atomic E-state index is -1.02. The van der Waals surface area contributed by atoms with Gasteiger partial charge in [-0.1, -0.05) is 29.8 Å². The van der Waals surface area contributed by atoms with Gasteiger partial charge in [0.15, 0.2) is 0 Å². The summed E-state index contributed by atoms with van der Waals surface area (Å²) in [4.78, 5) is 15.8. The van der Waals surface area contributed by atoms with Crippen LogP contribution in [0.15, 0.2) is 47.1 Å². The third-order valence-corrected chi connectivity index (χ3v) is 4.21. The summed E-state index contributed by atoms with van der Waals surface area (Å²) >= 11 is 3.44. The van der Waals surface area contributed by atoms with E-state index in [-0.39, 0.29) is 6.42 Å². The highest BCUT2D eigenvalue weighted by Gasteiger charge is 2.20. The molecule has 2 aromatic heterocycles. The molecule has 5 nitrogen and oxygen atoms in total. The lowest BCUT2D eigenvalue weighted by Crippen LogP contribution is -2.32. The fourth-order valence-electron chi connectivity index (χ4n) is 2.50. The van der Waals surface area contributed by atoms with Crippen molar-refractivity contribution in [3.8, 4) is 11.3 Å². The fourth-order valence-corrected chi connectivity index (χ4v) is 2.84. The van der Waals surface area contributed by atoms with Gasteiger partial charge in [-0.2, -0.15) is 0 Å². The van der Waals surface area contributed by atoms with Crippen LogP contribution in [0, 0.1) is 6.92 Å². The monoisotopic (exact) mass is 373 g/mol. The van der Waals surface area contributed by atoms with E-state index < -0.39 is 12.0 Å². The minimum Gasteiger partial charge on any atom is -0.480 e. The third kappa shape index (κ3) is 3.13. The van der Waals surface area contributed by atoms with Crippen LogP contribution in [-0.4, -0.2) is 26.5 Å². The van der Waals surface area contributed by atoms with Crippen LogP contribution in [-0.2, 0) is 11.2 Å². The molecule has 0 saturated heterocycles. The second-order valence-corrected chi connectivity index (χ2v) is 6.41. The second kappa shape index (κ2) is 6.14. The number of imidazole rings is 1. The standard InChI is InChI=1S/C17H16BrN3O2/c1-10-2-4-11(5-3-10)16-14(8-13(19)17(22)23)21-9-12(18)6-7-15(21)20-16/h2-7,9,13H,8,19H2,1H3,(H,22,23). The number of aromatic nitrogens is 2. The summed E-state index contributed by atoms with van der Waals surface area (Å²) in [5.74, 6) is -1.02. The molecule has 3 aromatic rings. The summed E-state index contributed by atoms with van der Waals surface area (Å²) in [5, 5.41) is 9.14. The number of hydrogen-bond donors (Lipinski definition) is 2. The zero-order valence-corrected chi connectivity index (χ0v) is 14.1. The van der Waals surface area contributed by atoms with Gasteiger partial charge < -0.3 is 15.2 Å². The van der Waals surface area contributed by atoms with Crippen molar-refractivity contribution in [3.05, 3.63) is 58.3 Å². The van der Waals surface area contributed by atoms with Crippen molar-refractivity contribution < 1.29 is 9.90 Å². The Morgan fingerprint density at radius 1 is 1.30 bits per heavy atom. The maximum atomic E-state index is 11.2. The van der Waals surface area contributed by atoms with Gasteiger partial charge in [-0.25, -0.2) is 4.98 Å². The van der Waals surface area contributed by atoms with E-state index in [4.69, 9.17) is 10.8 Å². The molecule has 1 unspecified atom stereocenters. The predicted molar refractivity (Wildman–Crippen MR) is 92.4 cm³/mol. The second-order valence-electron chi connectivity index (χ2n) is 5.50. The Kier molecular flexibility index (Phi) is 4.19. The molecule has 0 aliphatic carbocycles. The molecule has 1 aromatic carbocycles. The predicted octanol–water partition coefficient (Wildman–Crippen LogP) is 3.03. The first-order chi connectivity index (χ1) is 11.0. The van der Waals surface area contributed by atoms with Crippen LogP contribution in [0.4, 0.5) is 0 Å². The molecule has 118 valence electrons. The lowest BCUT2D eigenvalue weighted by Gasteiger charge is -2.09. The van der Waals surface area contributed by atoms with Crippen molar-refractivity contribution in [1.29, 1.82) is 0 Å². The molecule has 6 heteroatoms. The Morgan fingerprint density at radius 2 is 2.00 bits per heavy atom. The Morgan fingerprint density at radius 3 is 2.65 bits per heavy atom. The minimum absolute atomic E-state index is 0.205. The number of aliphatic carboxylic acids is 1. The van der Waals surface area contributed by atoms with Crippen LogP contribution >= 0.6 is 15.9 Å². The zero-order chi connectivity index (χ0) is 16.6. The highest BCUT2D eigenvalue weighted by atomic mass is 79.9. The Balaban J connectivity index is 2.19. The van der Waals surface area contributed by atoms with E-state index in [0.29, 0.717) is 0 Å². The Bertz CT molecular complexity index is 871. The van der Waals surface area contributed by atoms with E-state index >= 15 is 0 Å². The smallest absolute Gasteiger partial charge is 0.320 e. The van der Waals surface area contributed by atoms with Crippen LogP contribution in [0.25, 0.3) is 16.9 Å². The molecule has 23 heavy (non-hydrogen) atoms. The lowest BCUT2D eigenvalue weighted by atomic mass is 10.0. The number of carboxylic acids is 1. The number of halogens is 1. The van der Waals surface area contributed by atoms with Crippen LogP contribution < -0.4 is 5.73 Å². The quantitative estimate of drug-likeness (QED) is 0.736. The van der Waals surface area contributed by atoms with Crippen molar-refractivity contribution >= 4 is 27.5 Å². The first-order valence-electron chi connectivity index (χ1n) is 7.17. The number of fused-ring (bicyclic) bond motifs is 1. The number of nitrogens with zero attached hydrogens (tertiary/aromatic N) is 2. The van der Waals surface area contributed by atoms with E-state index in [1.807, 2.05) is 53.9 Å². The molecule has 0 fully saturated rings. The molecule has 0 bridgehead atoms. The molecule has 0 radical (unpaired) electrons. The van der Waals surface area contributed by atoms with Crippen LogP contribution in [0.1, 0.15) is 11.3 Å². The number of hydrogen-bond acceptors (Lipinski definition) is 3. The SMILES string of the molecule is Cc1ccc(-c2nc3ccc(Br)cn3c2CC(N)C(=O)O)cc1. The fraction of sp³-hybridized carbons (Fsp3) is 0.176. The molecule has 0 spiro atoms. The summed E-state index contributed by atoms with van der Waals surface area (Å²) in [6.07, 6.45) is 2.08. The number of aryl methyl sites for hydroxylation is 1. The normalized spacial score (nSPS) is 12.5. The third-order valence-electron chi connectivity index (χ3n) is 3.74. The Labute approximate surface area is 141 Å². The van der Waals surface area contributed by atoms with Crippen molar-refractivity contribution in [2.45, 2.75) is 19.4 Å². The number of carboxylic acid groups (broad SMARTS) is 1. The van der Waals surface area contributed by atoms with Crippen molar-refractivity contribution in [3.63, 3.8) is 0 Å². The summed E-state index contributed by atoms with van der Waals surface area (Å²) in [6.45, 7) is 2.02. The first-order valence-corrected chi connectivity index (χ1v) is 7.97. The Hall–Kier alpha value is -2.18. The summed E-state index contributed by atoms with van der Waals surface area (Å²) in [7, 11) is 0. The van der Waals surface area contributed by atoms with Crippen LogP contribution in [0.2, 0.25) is 0 Å². The molecule has 0 amide bonds. The largest absolute Gasteiger partial charge is 0.480 e. The molecule has 0 aliphatic rings. The van der Waals surface area contributed by atoms with Gasteiger partial charge in [-0.15, -0.1) is 0 Å². The first kappa shape index (κ1) is 15.7. The maximum Gasteiger partial charge on any atom is 0.320 e. The number of nitrogens with two attached hydrogens (primary N) is 1. The van der Waals surface area contributed by atoms with Crippen molar-refractivity contribution in [2.24, 2.45) is 5.73 Å². The molecule has 3 rings (SSSR count). The summed E-state index contributed by atoms with van der Waals surface area (Å²) in [5.41, 5.74) is 10.2. The van der Waals surface area contributed by atoms with Gasteiger partial charge in [0, 0.05) is 22.7 Å². The summed E-state index contributed by atoms with van der Waals surface area (Å²) < 4.78 is 2.78. The van der Waals surface area contributed by atoms with Gasteiger partial charge in [-0.3, -0.25) is 4.79 Å². The maximum absolute atomic E-state index is 11.2. The average Bonchev–Trinajstić information content (AvgIpc) is 2.86. The lowest BCUT2D eigenvalue weighted by molar-refractivity contribution is -0.138. The van der Waals surface area contributed by atoms with Gasteiger partial charge in [0.25, 0.3) is 0 Å². The number of rotatable bonds is 4.